The molecule has 0 aliphatic carbocycles. The van der Waals surface area contributed by atoms with Crippen molar-refractivity contribution < 1.29 is 0 Å². The maximum absolute atomic E-state index is 8.94. The van der Waals surface area contributed by atoms with Gasteiger partial charge in [0.05, 0.1) is 11.3 Å². The molecule has 148 valence electrons. The van der Waals surface area contributed by atoms with Crippen LogP contribution in [0.2, 0.25) is 0 Å². The number of aliphatic imine (C=N–C) groups is 1. The summed E-state index contributed by atoms with van der Waals surface area (Å²) in [6, 6.07) is 3.75. The number of aromatic nitrogens is 3. The van der Waals surface area contributed by atoms with Crippen LogP contribution in [0, 0.1) is 30.2 Å². The highest BCUT2D eigenvalue weighted by Crippen LogP contribution is 2.22. The van der Waals surface area contributed by atoms with Gasteiger partial charge in [0.15, 0.2) is 0 Å². The van der Waals surface area contributed by atoms with Gasteiger partial charge in [0.1, 0.15) is 5.82 Å². The predicted molar refractivity (Wildman–Crippen MR) is 112 cm³/mol. The molecular formula is C20H23N9. The lowest BCUT2D eigenvalue weighted by atomic mass is 10.1. The molecule has 0 saturated carbocycles. The standard InChI is InChI=1S/C20H23N9/c1-15-17(7-6-16-5-4-8-23-13-16)18(26-19(22)25-15)28-9-11-29(12-10-28)20(24-14-21)27(2)3/h4-5,8,13H,9-12H2,1-3H3,(H2,22,25,26)/b24-20-. The zero-order chi connectivity index (χ0) is 20.8. The molecule has 0 aromatic carbocycles. The minimum atomic E-state index is 0.229. The van der Waals surface area contributed by atoms with Gasteiger partial charge in [0, 0.05) is 58.2 Å². The van der Waals surface area contributed by atoms with Crippen LogP contribution in [0.15, 0.2) is 29.5 Å². The fraction of sp³-hybridized carbons (Fsp3) is 0.350. The Balaban J connectivity index is 1.86. The molecule has 0 atom stereocenters. The molecule has 9 heteroatoms. The van der Waals surface area contributed by atoms with Crippen molar-refractivity contribution in [3.05, 3.63) is 41.3 Å². The van der Waals surface area contributed by atoms with E-state index in [2.05, 4.69) is 41.6 Å². The van der Waals surface area contributed by atoms with Crippen LogP contribution >= 0.6 is 0 Å². The normalized spacial score (nSPS) is 14.1. The second-order valence-corrected chi connectivity index (χ2v) is 6.74. The Hall–Kier alpha value is -3.85. The van der Waals surface area contributed by atoms with Crippen LogP contribution in [-0.4, -0.2) is 71.0 Å². The first-order valence-electron chi connectivity index (χ1n) is 9.19. The van der Waals surface area contributed by atoms with Gasteiger partial charge in [0.25, 0.3) is 0 Å². The Labute approximate surface area is 170 Å². The molecule has 0 spiro atoms. The van der Waals surface area contributed by atoms with Crippen molar-refractivity contribution in [3.8, 4) is 18.0 Å². The molecule has 0 amide bonds. The topological polar surface area (TPSA) is 111 Å². The van der Waals surface area contributed by atoms with Gasteiger partial charge in [-0.1, -0.05) is 11.8 Å². The maximum Gasteiger partial charge on any atom is 0.222 e. The summed E-state index contributed by atoms with van der Waals surface area (Å²) in [5.41, 5.74) is 8.24. The molecule has 29 heavy (non-hydrogen) atoms. The first-order valence-corrected chi connectivity index (χ1v) is 9.19. The zero-order valence-electron chi connectivity index (χ0n) is 16.8. The van der Waals surface area contributed by atoms with Crippen LogP contribution < -0.4 is 10.6 Å². The molecule has 0 bridgehead atoms. The molecule has 3 rings (SSSR count). The third-order valence-corrected chi connectivity index (χ3v) is 4.49. The molecule has 1 saturated heterocycles. The van der Waals surface area contributed by atoms with Gasteiger partial charge in [-0.2, -0.15) is 10.2 Å². The molecule has 0 unspecified atom stereocenters. The first-order chi connectivity index (χ1) is 14.0. The first kappa shape index (κ1) is 19.9. The quantitative estimate of drug-likeness (QED) is 0.328. The third-order valence-electron chi connectivity index (χ3n) is 4.49. The Morgan fingerprint density at radius 1 is 1.21 bits per heavy atom. The van der Waals surface area contributed by atoms with Crippen LogP contribution in [0.1, 0.15) is 16.8 Å². The molecular weight excluding hydrogens is 366 g/mol. The Bertz CT molecular complexity index is 988. The second kappa shape index (κ2) is 8.89. The molecule has 3 heterocycles. The van der Waals surface area contributed by atoms with E-state index in [0.29, 0.717) is 32.1 Å². The lowest BCUT2D eigenvalue weighted by Crippen LogP contribution is -2.52. The van der Waals surface area contributed by atoms with E-state index in [-0.39, 0.29) is 5.95 Å². The molecule has 1 aliphatic heterocycles. The summed E-state index contributed by atoms with van der Waals surface area (Å²) in [5, 5.41) is 8.94. The summed E-state index contributed by atoms with van der Waals surface area (Å²) in [6.07, 6.45) is 5.31. The minimum absolute atomic E-state index is 0.229. The van der Waals surface area contributed by atoms with Crippen molar-refractivity contribution in [1.29, 1.82) is 5.26 Å². The molecule has 1 fully saturated rings. The number of aryl methyl sites for hydroxylation is 1. The zero-order valence-corrected chi connectivity index (χ0v) is 16.8. The van der Waals surface area contributed by atoms with Crippen molar-refractivity contribution in [2.24, 2.45) is 4.99 Å². The smallest absolute Gasteiger partial charge is 0.222 e. The lowest BCUT2D eigenvalue weighted by Gasteiger charge is -2.38. The highest BCUT2D eigenvalue weighted by Gasteiger charge is 2.24. The van der Waals surface area contributed by atoms with E-state index in [4.69, 9.17) is 11.0 Å². The Morgan fingerprint density at radius 2 is 1.97 bits per heavy atom. The molecule has 2 aromatic rings. The number of anilines is 2. The number of nitriles is 1. The molecule has 1 aliphatic rings. The Morgan fingerprint density at radius 3 is 2.59 bits per heavy atom. The van der Waals surface area contributed by atoms with Gasteiger partial charge in [-0.05, 0) is 19.1 Å². The van der Waals surface area contributed by atoms with Crippen molar-refractivity contribution in [1.82, 2.24) is 24.8 Å². The van der Waals surface area contributed by atoms with Gasteiger partial charge in [-0.25, -0.2) is 4.98 Å². The monoisotopic (exact) mass is 389 g/mol. The van der Waals surface area contributed by atoms with E-state index >= 15 is 0 Å². The Kier molecular flexibility index (Phi) is 6.10. The number of rotatable bonds is 1. The number of pyridine rings is 1. The van der Waals surface area contributed by atoms with E-state index < -0.39 is 0 Å². The molecule has 9 nitrogen and oxygen atoms in total. The van der Waals surface area contributed by atoms with Gasteiger partial charge >= 0.3 is 0 Å². The summed E-state index contributed by atoms with van der Waals surface area (Å²) >= 11 is 0. The lowest BCUT2D eigenvalue weighted by molar-refractivity contribution is 0.342. The van der Waals surface area contributed by atoms with E-state index in [9.17, 15) is 0 Å². The maximum atomic E-state index is 8.94. The average Bonchev–Trinajstić information content (AvgIpc) is 2.71. The minimum Gasteiger partial charge on any atom is -0.368 e. The summed E-state index contributed by atoms with van der Waals surface area (Å²) in [7, 11) is 3.76. The van der Waals surface area contributed by atoms with Gasteiger partial charge in [-0.15, -0.1) is 4.99 Å². The highest BCUT2D eigenvalue weighted by atomic mass is 15.4. The van der Waals surface area contributed by atoms with E-state index in [1.807, 2.05) is 44.2 Å². The number of piperazine rings is 1. The van der Waals surface area contributed by atoms with Crippen LogP contribution in [0.3, 0.4) is 0 Å². The van der Waals surface area contributed by atoms with Crippen molar-refractivity contribution in [2.75, 3.05) is 50.9 Å². The number of nitrogens with zero attached hydrogens (tertiary/aromatic N) is 8. The molecule has 0 radical (unpaired) electrons. The molecule has 2 N–H and O–H groups in total. The van der Waals surface area contributed by atoms with Gasteiger partial charge in [-0.3, -0.25) is 4.98 Å². The second-order valence-electron chi connectivity index (χ2n) is 6.74. The largest absolute Gasteiger partial charge is 0.368 e. The SMILES string of the molecule is Cc1nc(N)nc(N2CCN(/C(=N\C#N)N(C)C)CC2)c1C#Cc1cccnc1. The van der Waals surface area contributed by atoms with Crippen LogP contribution in [0.5, 0.6) is 0 Å². The van der Waals surface area contributed by atoms with Crippen LogP contribution in [-0.2, 0) is 0 Å². The number of nitrogen functional groups attached to an aromatic ring is 1. The van der Waals surface area contributed by atoms with Crippen molar-refractivity contribution in [2.45, 2.75) is 6.92 Å². The van der Waals surface area contributed by atoms with Crippen molar-refractivity contribution >= 4 is 17.7 Å². The predicted octanol–water partition coefficient (Wildman–Crippen LogP) is 0.683. The summed E-state index contributed by atoms with van der Waals surface area (Å²) in [4.78, 5) is 22.9. The fourth-order valence-electron chi connectivity index (χ4n) is 3.14. The van der Waals surface area contributed by atoms with Crippen LogP contribution in [0.4, 0.5) is 11.8 Å². The van der Waals surface area contributed by atoms with Gasteiger partial charge < -0.3 is 20.4 Å². The summed E-state index contributed by atoms with van der Waals surface area (Å²) in [5.74, 6) is 7.94. The number of hydrogen-bond donors (Lipinski definition) is 1. The van der Waals surface area contributed by atoms with Crippen molar-refractivity contribution in [3.63, 3.8) is 0 Å². The fourth-order valence-corrected chi connectivity index (χ4v) is 3.14. The average molecular weight is 389 g/mol. The number of guanidine groups is 1. The van der Waals surface area contributed by atoms with E-state index in [0.717, 1.165) is 22.6 Å². The highest BCUT2D eigenvalue weighted by molar-refractivity contribution is 5.80. The number of hydrogen-bond acceptors (Lipinski definition) is 7. The molecule has 2 aromatic heterocycles. The van der Waals surface area contributed by atoms with Crippen LogP contribution in [0.25, 0.3) is 0 Å². The van der Waals surface area contributed by atoms with E-state index in [1.165, 1.54) is 0 Å². The number of nitrogens with two attached hydrogens (primary N) is 1. The third kappa shape index (κ3) is 4.71. The summed E-state index contributed by atoms with van der Waals surface area (Å²) < 4.78 is 0. The van der Waals surface area contributed by atoms with E-state index in [1.54, 1.807) is 12.4 Å². The van der Waals surface area contributed by atoms with Gasteiger partial charge in [0.2, 0.25) is 18.1 Å². The summed E-state index contributed by atoms with van der Waals surface area (Å²) in [6.45, 7) is 4.70.